The van der Waals surface area contributed by atoms with Crippen LogP contribution in [0.3, 0.4) is 0 Å². The van der Waals surface area contributed by atoms with Crippen molar-refractivity contribution in [3.05, 3.63) is 71.3 Å². The van der Waals surface area contributed by atoms with Crippen LogP contribution in [-0.2, 0) is 6.54 Å². The molecular formula is C17H15ClFN5. The number of nitrogens with zero attached hydrogens (tertiary/aromatic N) is 2. The van der Waals surface area contributed by atoms with Crippen LogP contribution in [0, 0.1) is 5.82 Å². The molecule has 1 aromatic heterocycles. The summed E-state index contributed by atoms with van der Waals surface area (Å²) < 4.78 is 13.0. The molecule has 0 unspecified atom stereocenters. The number of hydrogen-bond acceptors (Lipinski definition) is 5. The molecule has 0 spiro atoms. The van der Waals surface area contributed by atoms with E-state index < -0.39 is 0 Å². The second-order valence-corrected chi connectivity index (χ2v) is 5.53. The zero-order valence-electron chi connectivity index (χ0n) is 12.6. The second-order valence-electron chi connectivity index (χ2n) is 5.10. The number of rotatable bonds is 5. The van der Waals surface area contributed by atoms with Gasteiger partial charge in [0.25, 0.3) is 0 Å². The van der Waals surface area contributed by atoms with Crippen LogP contribution >= 0.6 is 11.6 Å². The predicted molar refractivity (Wildman–Crippen MR) is 94.9 cm³/mol. The zero-order chi connectivity index (χ0) is 16.9. The van der Waals surface area contributed by atoms with Crippen LogP contribution in [0.1, 0.15) is 5.56 Å². The number of nitrogen functional groups attached to an aromatic ring is 1. The topological polar surface area (TPSA) is 75.9 Å². The first-order valence-electron chi connectivity index (χ1n) is 7.23. The Morgan fingerprint density at radius 1 is 0.958 bits per heavy atom. The van der Waals surface area contributed by atoms with E-state index in [1.807, 2.05) is 24.3 Å². The van der Waals surface area contributed by atoms with Gasteiger partial charge < -0.3 is 16.4 Å². The van der Waals surface area contributed by atoms with E-state index in [4.69, 9.17) is 17.3 Å². The first-order valence-corrected chi connectivity index (χ1v) is 7.61. The molecule has 3 rings (SSSR count). The number of nitrogens with two attached hydrogens (primary N) is 1. The maximum atomic E-state index is 13.0. The molecule has 5 nitrogen and oxygen atoms in total. The first-order chi connectivity index (χ1) is 11.6. The Morgan fingerprint density at radius 2 is 1.62 bits per heavy atom. The lowest BCUT2D eigenvalue weighted by atomic mass is 10.2. The summed E-state index contributed by atoms with van der Waals surface area (Å²) in [6.45, 7) is 0.550. The molecule has 0 saturated heterocycles. The Morgan fingerprint density at radius 3 is 2.33 bits per heavy atom. The van der Waals surface area contributed by atoms with Gasteiger partial charge in [-0.05, 0) is 42.0 Å². The Labute approximate surface area is 143 Å². The highest BCUT2D eigenvalue weighted by Crippen LogP contribution is 2.26. The van der Waals surface area contributed by atoms with Gasteiger partial charge in [0.2, 0.25) is 0 Å². The molecule has 0 atom stereocenters. The van der Waals surface area contributed by atoms with Crippen molar-refractivity contribution in [1.29, 1.82) is 0 Å². The minimum Gasteiger partial charge on any atom is -0.393 e. The van der Waals surface area contributed by atoms with Gasteiger partial charge in [0, 0.05) is 17.3 Å². The van der Waals surface area contributed by atoms with E-state index in [1.165, 1.54) is 18.5 Å². The zero-order valence-corrected chi connectivity index (χ0v) is 13.4. The number of hydrogen-bond donors (Lipinski definition) is 3. The molecule has 0 saturated carbocycles. The highest BCUT2D eigenvalue weighted by atomic mass is 35.5. The highest BCUT2D eigenvalue weighted by molar-refractivity contribution is 6.30. The van der Waals surface area contributed by atoms with Crippen molar-refractivity contribution in [2.45, 2.75) is 6.54 Å². The van der Waals surface area contributed by atoms with Gasteiger partial charge in [-0.2, -0.15) is 0 Å². The molecule has 4 N–H and O–H groups in total. The standard InChI is InChI=1S/C17H15ClFN5/c18-12-3-1-11(2-4-12)9-21-16-15(20)17(23-10-22-16)24-14-7-5-13(19)6-8-14/h1-8,10H,9,20H2,(H2,21,22,23,24). The largest absolute Gasteiger partial charge is 0.393 e. The summed E-state index contributed by atoms with van der Waals surface area (Å²) in [5.74, 6) is 0.668. The maximum Gasteiger partial charge on any atom is 0.159 e. The second kappa shape index (κ2) is 7.14. The van der Waals surface area contributed by atoms with E-state index in [0.29, 0.717) is 34.6 Å². The van der Waals surface area contributed by atoms with Crippen molar-refractivity contribution < 1.29 is 4.39 Å². The average Bonchev–Trinajstić information content (AvgIpc) is 2.59. The average molecular weight is 344 g/mol. The van der Waals surface area contributed by atoms with Gasteiger partial charge in [-0.25, -0.2) is 14.4 Å². The smallest absolute Gasteiger partial charge is 0.159 e. The maximum absolute atomic E-state index is 13.0. The van der Waals surface area contributed by atoms with Gasteiger partial charge in [0.05, 0.1) is 0 Å². The van der Waals surface area contributed by atoms with Crippen LogP contribution in [0.5, 0.6) is 0 Å². The first kappa shape index (κ1) is 16.0. The van der Waals surface area contributed by atoms with Crippen molar-refractivity contribution in [3.63, 3.8) is 0 Å². The molecule has 0 bridgehead atoms. The van der Waals surface area contributed by atoms with Gasteiger partial charge in [-0.1, -0.05) is 23.7 Å². The van der Waals surface area contributed by atoms with Crippen molar-refractivity contribution in [1.82, 2.24) is 9.97 Å². The summed E-state index contributed by atoms with van der Waals surface area (Å²) in [6.07, 6.45) is 1.41. The van der Waals surface area contributed by atoms with Crippen molar-refractivity contribution in [2.75, 3.05) is 16.4 Å². The summed E-state index contributed by atoms with van der Waals surface area (Å²) in [5, 5.41) is 6.90. The number of nitrogens with one attached hydrogen (secondary N) is 2. The van der Waals surface area contributed by atoms with E-state index in [2.05, 4.69) is 20.6 Å². The molecule has 122 valence electrons. The van der Waals surface area contributed by atoms with Crippen molar-refractivity contribution >= 4 is 34.6 Å². The molecule has 2 aromatic carbocycles. The lowest BCUT2D eigenvalue weighted by molar-refractivity contribution is 0.628. The van der Waals surface area contributed by atoms with E-state index >= 15 is 0 Å². The summed E-state index contributed by atoms with van der Waals surface area (Å²) in [4.78, 5) is 8.28. The Hall–Kier alpha value is -2.86. The van der Waals surface area contributed by atoms with Crippen LogP contribution in [0.4, 0.5) is 27.4 Å². The third kappa shape index (κ3) is 3.91. The van der Waals surface area contributed by atoms with Gasteiger partial charge >= 0.3 is 0 Å². The molecule has 24 heavy (non-hydrogen) atoms. The summed E-state index contributed by atoms with van der Waals surface area (Å²) in [7, 11) is 0. The lowest BCUT2D eigenvalue weighted by Crippen LogP contribution is -2.08. The van der Waals surface area contributed by atoms with Crippen LogP contribution in [0.25, 0.3) is 0 Å². The molecule has 1 heterocycles. The van der Waals surface area contributed by atoms with Crippen LogP contribution in [-0.4, -0.2) is 9.97 Å². The summed E-state index contributed by atoms with van der Waals surface area (Å²) in [5.41, 5.74) is 8.22. The predicted octanol–water partition coefficient (Wildman–Crippen LogP) is 4.21. The third-order valence-corrected chi connectivity index (χ3v) is 3.62. The van der Waals surface area contributed by atoms with Crippen LogP contribution in [0.15, 0.2) is 54.9 Å². The molecular weight excluding hydrogens is 329 g/mol. The Bertz CT molecular complexity index is 821. The van der Waals surface area contributed by atoms with Gasteiger partial charge in [-0.3, -0.25) is 0 Å². The minimum atomic E-state index is -0.304. The van der Waals surface area contributed by atoms with E-state index in [0.717, 1.165) is 5.56 Å². The molecule has 3 aromatic rings. The number of aromatic nitrogens is 2. The van der Waals surface area contributed by atoms with Gasteiger partial charge in [0.15, 0.2) is 11.6 Å². The normalized spacial score (nSPS) is 10.4. The van der Waals surface area contributed by atoms with E-state index in [-0.39, 0.29) is 5.82 Å². The third-order valence-electron chi connectivity index (χ3n) is 3.36. The number of benzene rings is 2. The molecule has 0 fully saturated rings. The fourth-order valence-electron chi connectivity index (χ4n) is 2.09. The molecule has 0 aliphatic heterocycles. The van der Waals surface area contributed by atoms with E-state index in [1.54, 1.807) is 12.1 Å². The molecule has 0 radical (unpaired) electrons. The molecule has 7 heteroatoms. The number of halogens is 2. The Kier molecular flexibility index (Phi) is 4.77. The van der Waals surface area contributed by atoms with E-state index in [9.17, 15) is 4.39 Å². The van der Waals surface area contributed by atoms with Crippen LogP contribution < -0.4 is 16.4 Å². The SMILES string of the molecule is Nc1c(NCc2ccc(Cl)cc2)ncnc1Nc1ccc(F)cc1. The molecule has 0 amide bonds. The monoisotopic (exact) mass is 343 g/mol. The quantitative estimate of drug-likeness (QED) is 0.647. The minimum absolute atomic E-state index is 0.304. The Balaban J connectivity index is 1.72. The van der Waals surface area contributed by atoms with Gasteiger partial charge in [0.1, 0.15) is 17.8 Å². The highest BCUT2D eigenvalue weighted by Gasteiger charge is 2.08. The van der Waals surface area contributed by atoms with Crippen molar-refractivity contribution in [3.8, 4) is 0 Å². The van der Waals surface area contributed by atoms with Crippen LogP contribution in [0.2, 0.25) is 5.02 Å². The molecule has 0 aliphatic rings. The van der Waals surface area contributed by atoms with Crippen molar-refractivity contribution in [2.24, 2.45) is 0 Å². The summed E-state index contributed by atoms with van der Waals surface area (Å²) >= 11 is 5.87. The fraction of sp³-hybridized carbons (Fsp3) is 0.0588. The molecule has 0 aliphatic carbocycles. The summed E-state index contributed by atoms with van der Waals surface area (Å²) in [6, 6.07) is 13.4. The lowest BCUT2D eigenvalue weighted by Gasteiger charge is -2.12. The number of anilines is 4. The fourth-order valence-corrected chi connectivity index (χ4v) is 2.22. The van der Waals surface area contributed by atoms with Gasteiger partial charge in [-0.15, -0.1) is 0 Å².